The molecule has 31 heavy (non-hydrogen) atoms. The summed E-state index contributed by atoms with van der Waals surface area (Å²) in [5, 5.41) is 0. The number of amides is 1. The Balaban J connectivity index is 1.26. The topological polar surface area (TPSA) is 71.5 Å². The number of aromatic nitrogens is 3. The van der Waals surface area contributed by atoms with Gasteiger partial charge in [-0.3, -0.25) is 9.78 Å². The second-order valence-corrected chi connectivity index (χ2v) is 8.28. The molecule has 3 fully saturated rings. The van der Waals surface area contributed by atoms with Gasteiger partial charge in [-0.1, -0.05) is 0 Å². The molecule has 7 nitrogen and oxygen atoms in total. The number of carbonyl (C=O) groups excluding carboxylic acids is 1. The number of ether oxygens (including phenoxy) is 1. The molecule has 164 valence electrons. The van der Waals surface area contributed by atoms with Crippen LogP contribution in [0.1, 0.15) is 42.9 Å². The van der Waals surface area contributed by atoms with Crippen LogP contribution in [0.3, 0.4) is 0 Å². The number of fused-ring (bicyclic) bond motifs is 1. The smallest absolute Gasteiger partial charge is 0.417 e. The molecule has 2 aromatic heterocycles. The van der Waals surface area contributed by atoms with Gasteiger partial charge in [0.25, 0.3) is 5.91 Å². The number of alkyl halides is 3. The molecule has 2 saturated heterocycles. The first-order valence-electron chi connectivity index (χ1n) is 10.5. The van der Waals surface area contributed by atoms with Crippen molar-refractivity contribution in [1.29, 1.82) is 0 Å². The quantitative estimate of drug-likeness (QED) is 0.738. The molecule has 2 aromatic rings. The predicted octanol–water partition coefficient (Wildman–Crippen LogP) is 3.03. The van der Waals surface area contributed by atoms with E-state index in [1.165, 1.54) is 6.07 Å². The van der Waals surface area contributed by atoms with E-state index in [1.807, 2.05) is 4.90 Å². The van der Waals surface area contributed by atoms with Crippen molar-refractivity contribution in [3.8, 4) is 5.88 Å². The van der Waals surface area contributed by atoms with Gasteiger partial charge in [-0.25, -0.2) is 9.97 Å². The largest absolute Gasteiger partial charge is 0.463 e. The summed E-state index contributed by atoms with van der Waals surface area (Å²) in [6.07, 6.45) is 2.55. The Morgan fingerprint density at radius 3 is 2.52 bits per heavy atom. The van der Waals surface area contributed by atoms with Gasteiger partial charge in [0.05, 0.1) is 29.7 Å². The zero-order valence-electron chi connectivity index (χ0n) is 16.8. The maximum atomic E-state index is 12.9. The summed E-state index contributed by atoms with van der Waals surface area (Å²) >= 11 is 0. The lowest BCUT2D eigenvalue weighted by Crippen LogP contribution is -2.39. The molecule has 10 heteroatoms. The summed E-state index contributed by atoms with van der Waals surface area (Å²) in [4.78, 5) is 29.3. The Labute approximate surface area is 177 Å². The van der Waals surface area contributed by atoms with Crippen LogP contribution in [0.2, 0.25) is 0 Å². The maximum Gasteiger partial charge on any atom is 0.417 e. The highest BCUT2D eigenvalue weighted by Crippen LogP contribution is 2.38. The summed E-state index contributed by atoms with van der Waals surface area (Å²) < 4.78 is 44.3. The molecule has 3 aliphatic rings. The molecule has 4 heterocycles. The van der Waals surface area contributed by atoms with Gasteiger partial charge in [0.15, 0.2) is 6.10 Å². The SMILES string of the molecule is O=C1[C@H](Oc2cnc(C3CC3)cn2)C[C@@H]2CN(c3ccc(C(F)(F)F)cn3)CCCN12. The standard InChI is InChI=1S/C21H22F3N5O2/c22-21(23,24)14-4-5-18(26-9-14)28-6-1-7-29-15(12-28)8-17(20(29)30)31-19-11-25-16(10-27-19)13-2-3-13/h4-5,9-11,13,15,17H,1-3,6-8,12H2/t15-,17-/m1/s1. The van der Waals surface area contributed by atoms with Crippen LogP contribution in [0.4, 0.5) is 19.0 Å². The highest BCUT2D eigenvalue weighted by molar-refractivity contribution is 5.84. The van der Waals surface area contributed by atoms with Crippen molar-refractivity contribution in [1.82, 2.24) is 19.9 Å². The summed E-state index contributed by atoms with van der Waals surface area (Å²) in [5.74, 6) is 1.23. The number of nitrogens with zero attached hydrogens (tertiary/aromatic N) is 5. The van der Waals surface area contributed by atoms with Crippen molar-refractivity contribution in [3.05, 3.63) is 42.0 Å². The molecular weight excluding hydrogens is 411 g/mol. The first kappa shape index (κ1) is 20.0. The van der Waals surface area contributed by atoms with Crippen LogP contribution in [-0.4, -0.2) is 57.5 Å². The van der Waals surface area contributed by atoms with Crippen molar-refractivity contribution < 1.29 is 22.7 Å². The zero-order chi connectivity index (χ0) is 21.6. The van der Waals surface area contributed by atoms with E-state index in [0.29, 0.717) is 50.1 Å². The molecule has 1 aliphatic carbocycles. The van der Waals surface area contributed by atoms with Gasteiger partial charge >= 0.3 is 6.18 Å². The van der Waals surface area contributed by atoms with Gasteiger partial charge in [0.1, 0.15) is 5.82 Å². The number of anilines is 1. The van der Waals surface area contributed by atoms with Crippen molar-refractivity contribution in [3.63, 3.8) is 0 Å². The molecule has 2 atom stereocenters. The third-order valence-corrected chi connectivity index (χ3v) is 6.05. The van der Waals surface area contributed by atoms with E-state index < -0.39 is 17.8 Å². The first-order chi connectivity index (χ1) is 14.9. The molecule has 0 N–H and O–H groups in total. The lowest BCUT2D eigenvalue weighted by molar-refractivity contribution is -0.138. The van der Waals surface area contributed by atoms with Crippen LogP contribution >= 0.6 is 0 Å². The molecular formula is C21H22F3N5O2. The third-order valence-electron chi connectivity index (χ3n) is 6.05. The molecule has 0 bridgehead atoms. The normalized spacial score (nSPS) is 24.2. The van der Waals surface area contributed by atoms with Gasteiger partial charge in [-0.2, -0.15) is 13.2 Å². The van der Waals surface area contributed by atoms with Crippen LogP contribution in [0.25, 0.3) is 0 Å². The van der Waals surface area contributed by atoms with Crippen molar-refractivity contribution in [2.24, 2.45) is 0 Å². The minimum absolute atomic E-state index is 0.0831. The Morgan fingerprint density at radius 1 is 1.03 bits per heavy atom. The molecule has 2 aliphatic heterocycles. The molecule has 0 unspecified atom stereocenters. The van der Waals surface area contributed by atoms with Crippen LogP contribution in [0.5, 0.6) is 5.88 Å². The van der Waals surface area contributed by atoms with E-state index in [1.54, 1.807) is 17.3 Å². The fourth-order valence-corrected chi connectivity index (χ4v) is 4.25. The lowest BCUT2D eigenvalue weighted by atomic mass is 10.2. The Bertz CT molecular complexity index is 947. The number of halogens is 3. The average molecular weight is 433 g/mol. The van der Waals surface area contributed by atoms with Crippen LogP contribution < -0.4 is 9.64 Å². The van der Waals surface area contributed by atoms with Gasteiger partial charge in [0.2, 0.25) is 5.88 Å². The summed E-state index contributed by atoms with van der Waals surface area (Å²) in [6, 6.07) is 2.34. The van der Waals surface area contributed by atoms with Crippen LogP contribution in [0, 0.1) is 0 Å². The second kappa shape index (κ2) is 7.65. The van der Waals surface area contributed by atoms with E-state index in [0.717, 1.165) is 30.8 Å². The van der Waals surface area contributed by atoms with E-state index in [2.05, 4.69) is 15.0 Å². The van der Waals surface area contributed by atoms with Crippen LogP contribution in [0.15, 0.2) is 30.7 Å². The Kier molecular flexibility index (Phi) is 4.94. The third kappa shape index (κ3) is 4.15. The van der Waals surface area contributed by atoms with Crippen molar-refractivity contribution in [2.75, 3.05) is 24.5 Å². The maximum absolute atomic E-state index is 12.9. The average Bonchev–Trinajstić information content (AvgIpc) is 3.57. The molecule has 1 amide bonds. The number of carbonyl (C=O) groups is 1. The molecule has 1 saturated carbocycles. The highest BCUT2D eigenvalue weighted by Gasteiger charge is 2.43. The summed E-state index contributed by atoms with van der Waals surface area (Å²) in [5.41, 5.74) is 0.185. The minimum Gasteiger partial charge on any atom is -0.463 e. The zero-order valence-corrected chi connectivity index (χ0v) is 16.8. The van der Waals surface area contributed by atoms with Gasteiger partial charge in [-0.15, -0.1) is 0 Å². The van der Waals surface area contributed by atoms with E-state index in [9.17, 15) is 18.0 Å². The second-order valence-electron chi connectivity index (χ2n) is 8.28. The fraction of sp³-hybridized carbons (Fsp3) is 0.524. The monoisotopic (exact) mass is 433 g/mol. The Morgan fingerprint density at radius 2 is 1.87 bits per heavy atom. The van der Waals surface area contributed by atoms with Crippen molar-refractivity contribution in [2.45, 2.75) is 49.9 Å². The number of hydrogen-bond acceptors (Lipinski definition) is 6. The highest BCUT2D eigenvalue weighted by atomic mass is 19.4. The summed E-state index contributed by atoms with van der Waals surface area (Å²) in [6.45, 7) is 1.70. The van der Waals surface area contributed by atoms with Gasteiger partial charge < -0.3 is 14.5 Å². The number of rotatable bonds is 4. The molecule has 0 radical (unpaired) electrons. The summed E-state index contributed by atoms with van der Waals surface area (Å²) in [7, 11) is 0. The number of hydrogen-bond donors (Lipinski definition) is 0. The molecule has 0 aromatic carbocycles. The van der Waals surface area contributed by atoms with E-state index >= 15 is 0 Å². The predicted molar refractivity (Wildman–Crippen MR) is 105 cm³/mol. The first-order valence-corrected chi connectivity index (χ1v) is 10.5. The Hall–Kier alpha value is -2.91. The van der Waals surface area contributed by atoms with Gasteiger partial charge in [-0.05, 0) is 31.4 Å². The van der Waals surface area contributed by atoms with Gasteiger partial charge in [0, 0.05) is 38.2 Å². The number of pyridine rings is 1. The molecule has 0 spiro atoms. The van der Waals surface area contributed by atoms with E-state index in [4.69, 9.17) is 4.74 Å². The lowest BCUT2D eigenvalue weighted by Gasteiger charge is -2.26. The fourth-order valence-electron chi connectivity index (χ4n) is 4.25. The van der Waals surface area contributed by atoms with Crippen LogP contribution in [-0.2, 0) is 11.0 Å². The van der Waals surface area contributed by atoms with E-state index in [-0.39, 0.29) is 11.9 Å². The molecule has 5 rings (SSSR count). The van der Waals surface area contributed by atoms with Crippen molar-refractivity contribution >= 4 is 11.7 Å². The minimum atomic E-state index is -4.41.